The van der Waals surface area contributed by atoms with Gasteiger partial charge in [0.05, 0.1) is 12.2 Å². The first-order valence-corrected chi connectivity index (χ1v) is 10.3. The van der Waals surface area contributed by atoms with E-state index in [2.05, 4.69) is 15.3 Å². The minimum atomic E-state index is -0.826. The lowest BCUT2D eigenvalue weighted by molar-refractivity contribution is -0.117. The van der Waals surface area contributed by atoms with Crippen LogP contribution in [0.5, 0.6) is 11.5 Å². The highest BCUT2D eigenvalue weighted by molar-refractivity contribution is 5.93. The molecule has 0 saturated carbocycles. The molecule has 2 heterocycles. The molecule has 0 radical (unpaired) electrons. The van der Waals surface area contributed by atoms with Crippen LogP contribution in [0.25, 0.3) is 6.08 Å². The van der Waals surface area contributed by atoms with E-state index in [4.69, 9.17) is 10.5 Å². The molecule has 8 nitrogen and oxygen atoms in total. The average molecular weight is 448 g/mol. The lowest BCUT2D eigenvalue weighted by Crippen LogP contribution is -2.33. The highest BCUT2D eigenvalue weighted by atomic mass is 19.1. The van der Waals surface area contributed by atoms with Gasteiger partial charge in [0.15, 0.2) is 11.6 Å². The molecule has 4 rings (SSSR count). The number of ether oxygens (including phenoxy) is 1. The Morgan fingerprint density at radius 2 is 2.12 bits per heavy atom. The molecule has 0 spiro atoms. The van der Waals surface area contributed by atoms with Gasteiger partial charge in [-0.2, -0.15) is 0 Å². The minimum absolute atomic E-state index is 0.0441. The Labute approximate surface area is 188 Å². The molecular weight excluding hydrogens is 427 g/mol. The molecule has 1 aliphatic rings. The van der Waals surface area contributed by atoms with Crippen molar-refractivity contribution < 1.29 is 18.7 Å². The first kappa shape index (κ1) is 21.9. The number of H-pyrrole nitrogens is 1. The Morgan fingerprint density at radius 1 is 1.27 bits per heavy atom. The molecule has 0 aliphatic heterocycles. The Kier molecular flexibility index (Phi) is 6.30. The van der Waals surface area contributed by atoms with Crippen LogP contribution in [-0.2, 0) is 11.2 Å². The Balaban J connectivity index is 1.45. The van der Waals surface area contributed by atoms with Crippen LogP contribution in [0.1, 0.15) is 46.1 Å². The predicted octanol–water partition coefficient (Wildman–Crippen LogP) is 3.01. The van der Waals surface area contributed by atoms with Crippen LogP contribution >= 0.6 is 0 Å². The van der Waals surface area contributed by atoms with Crippen molar-refractivity contribution in [1.82, 2.24) is 15.3 Å². The average Bonchev–Trinajstić information content (AvgIpc) is 2.79. The first-order valence-electron chi connectivity index (χ1n) is 10.3. The number of nitrogens with two attached hydrogens (primary N) is 1. The number of nitrogens with zero attached hydrogens (tertiary/aromatic N) is 1. The number of hydrogen-bond acceptors (Lipinski definition) is 5. The minimum Gasteiger partial charge on any atom is -0.453 e. The van der Waals surface area contributed by atoms with Crippen molar-refractivity contribution in [2.24, 2.45) is 5.73 Å². The first-order chi connectivity index (χ1) is 15.9. The largest absolute Gasteiger partial charge is 0.453 e. The zero-order valence-electron chi connectivity index (χ0n) is 17.5. The van der Waals surface area contributed by atoms with Crippen molar-refractivity contribution in [2.45, 2.75) is 25.3 Å². The fourth-order valence-electron chi connectivity index (χ4n) is 3.70. The maximum atomic E-state index is 14.4. The third-order valence-corrected chi connectivity index (χ3v) is 5.28. The quantitative estimate of drug-likeness (QED) is 0.500. The summed E-state index contributed by atoms with van der Waals surface area (Å²) in [4.78, 5) is 42.6. The highest BCUT2D eigenvalue weighted by Gasteiger charge is 2.24. The van der Waals surface area contributed by atoms with E-state index in [9.17, 15) is 18.8 Å². The lowest BCUT2D eigenvalue weighted by atomic mass is 9.90. The second-order valence-electron chi connectivity index (χ2n) is 7.58. The third kappa shape index (κ3) is 5.15. The summed E-state index contributed by atoms with van der Waals surface area (Å²) in [6.45, 7) is 0. The number of nitrogens with one attached hydrogen (secondary N) is 2. The summed E-state index contributed by atoms with van der Waals surface area (Å²) in [5, 5.41) is 2.86. The van der Waals surface area contributed by atoms with Gasteiger partial charge in [0.1, 0.15) is 11.3 Å². The topological polar surface area (TPSA) is 127 Å². The molecule has 1 unspecified atom stereocenters. The van der Waals surface area contributed by atoms with Crippen LogP contribution in [-0.4, -0.2) is 21.8 Å². The standard InChI is InChI=1S/C24H21FN4O4/c25-18-11-14(6-8-21(18)33-15-3-2-10-27-13-15)7-9-22(30)28-19-4-1-5-20-16(19)12-17(23(26)31)24(32)29-20/h2-3,6-13,19H,1,4-5H2,(H2,26,31)(H,28,30)(H,29,32)/b9-7+. The molecule has 2 amide bonds. The van der Waals surface area contributed by atoms with Gasteiger partial charge in [0.25, 0.3) is 11.5 Å². The molecule has 0 fully saturated rings. The molecule has 2 aromatic heterocycles. The number of fused-ring (bicyclic) bond motifs is 1. The third-order valence-electron chi connectivity index (χ3n) is 5.28. The molecule has 168 valence electrons. The summed E-state index contributed by atoms with van der Waals surface area (Å²) in [6.07, 6.45) is 7.89. The van der Waals surface area contributed by atoms with Crippen molar-refractivity contribution in [3.8, 4) is 11.5 Å². The molecule has 9 heteroatoms. The number of rotatable bonds is 6. The van der Waals surface area contributed by atoms with E-state index in [1.165, 1.54) is 36.5 Å². The van der Waals surface area contributed by atoms with Crippen LogP contribution in [0.3, 0.4) is 0 Å². The van der Waals surface area contributed by atoms with Crippen LogP contribution in [0.4, 0.5) is 4.39 Å². The van der Waals surface area contributed by atoms with Gasteiger partial charge in [-0.3, -0.25) is 19.4 Å². The Bertz CT molecular complexity index is 1290. The monoisotopic (exact) mass is 448 g/mol. The number of carbonyl (C=O) groups is 2. The summed E-state index contributed by atoms with van der Waals surface area (Å²) >= 11 is 0. The fourth-order valence-corrected chi connectivity index (χ4v) is 3.70. The lowest BCUT2D eigenvalue weighted by Gasteiger charge is -2.26. The van der Waals surface area contributed by atoms with Gasteiger partial charge in [-0.05, 0) is 66.8 Å². The van der Waals surface area contributed by atoms with E-state index in [1.54, 1.807) is 24.4 Å². The van der Waals surface area contributed by atoms with Crippen molar-refractivity contribution in [2.75, 3.05) is 0 Å². The van der Waals surface area contributed by atoms with Gasteiger partial charge in [0.2, 0.25) is 5.91 Å². The summed E-state index contributed by atoms with van der Waals surface area (Å²) in [7, 11) is 0. The van der Waals surface area contributed by atoms with Gasteiger partial charge in [-0.15, -0.1) is 0 Å². The van der Waals surface area contributed by atoms with Crippen LogP contribution in [0, 0.1) is 5.82 Å². The molecule has 33 heavy (non-hydrogen) atoms. The number of aromatic amines is 1. The summed E-state index contributed by atoms with van der Waals surface area (Å²) in [5.74, 6) is -1.34. The molecule has 0 bridgehead atoms. The van der Waals surface area contributed by atoms with Gasteiger partial charge in [-0.25, -0.2) is 4.39 Å². The van der Waals surface area contributed by atoms with Crippen molar-refractivity contribution >= 4 is 17.9 Å². The molecule has 3 aromatic rings. The normalized spacial score (nSPS) is 15.1. The molecule has 1 atom stereocenters. The van der Waals surface area contributed by atoms with Crippen LogP contribution in [0.15, 0.2) is 59.7 Å². The Morgan fingerprint density at radius 3 is 2.85 bits per heavy atom. The number of hydrogen-bond donors (Lipinski definition) is 3. The zero-order chi connectivity index (χ0) is 23.4. The molecular formula is C24H21FN4O4. The number of carbonyl (C=O) groups excluding carboxylic acids is 2. The maximum absolute atomic E-state index is 14.4. The van der Waals surface area contributed by atoms with Crippen molar-refractivity contribution in [3.63, 3.8) is 0 Å². The van der Waals surface area contributed by atoms with E-state index in [0.29, 0.717) is 35.4 Å². The number of primary amides is 1. The second kappa shape index (κ2) is 9.47. The highest BCUT2D eigenvalue weighted by Crippen LogP contribution is 2.28. The van der Waals surface area contributed by atoms with E-state index >= 15 is 0 Å². The Hall–Kier alpha value is -4.27. The summed E-state index contributed by atoms with van der Waals surface area (Å²) < 4.78 is 19.8. The van der Waals surface area contributed by atoms with Gasteiger partial charge < -0.3 is 20.8 Å². The zero-order valence-corrected chi connectivity index (χ0v) is 17.5. The maximum Gasteiger partial charge on any atom is 0.261 e. The molecule has 4 N–H and O–H groups in total. The van der Waals surface area contributed by atoms with Crippen LogP contribution < -0.4 is 21.3 Å². The number of aryl methyl sites for hydroxylation is 1. The van der Waals surface area contributed by atoms with E-state index < -0.39 is 23.2 Å². The molecule has 0 saturated heterocycles. The fraction of sp³-hybridized carbons (Fsp3) is 0.167. The number of pyridine rings is 2. The number of amides is 2. The van der Waals surface area contributed by atoms with E-state index in [0.717, 1.165) is 6.42 Å². The number of aromatic nitrogens is 2. The molecule has 1 aliphatic carbocycles. The van der Waals surface area contributed by atoms with E-state index in [1.807, 2.05) is 0 Å². The number of halogens is 1. The summed E-state index contributed by atoms with van der Waals surface area (Å²) in [5.41, 5.74) is 6.41. The number of benzene rings is 1. The van der Waals surface area contributed by atoms with Gasteiger partial charge in [0, 0.05) is 18.0 Å². The predicted molar refractivity (Wildman–Crippen MR) is 119 cm³/mol. The van der Waals surface area contributed by atoms with Gasteiger partial charge >= 0.3 is 0 Å². The smallest absolute Gasteiger partial charge is 0.261 e. The van der Waals surface area contributed by atoms with Crippen LogP contribution in [0.2, 0.25) is 0 Å². The summed E-state index contributed by atoms with van der Waals surface area (Å²) in [6, 6.07) is 8.76. The van der Waals surface area contributed by atoms with Crippen molar-refractivity contribution in [1.29, 1.82) is 0 Å². The SMILES string of the molecule is NC(=O)c1cc2c([nH]c1=O)CCCC2NC(=O)/C=C/c1ccc(Oc2cccnc2)c(F)c1. The van der Waals surface area contributed by atoms with E-state index in [-0.39, 0.29) is 17.4 Å². The van der Waals surface area contributed by atoms with Crippen molar-refractivity contribution in [3.05, 3.63) is 93.4 Å². The van der Waals surface area contributed by atoms with Gasteiger partial charge in [-0.1, -0.05) is 6.07 Å². The second-order valence-corrected chi connectivity index (χ2v) is 7.58. The molecule has 1 aromatic carbocycles.